The molecule has 2 unspecified atom stereocenters. The Kier molecular flexibility index (Phi) is 14.1. The van der Waals surface area contributed by atoms with Crippen molar-refractivity contribution in [3.05, 3.63) is 107 Å². The first-order valence-corrected chi connectivity index (χ1v) is 23.2. The number of hydrogen-bond acceptors (Lipinski definition) is 6. The molecule has 0 aliphatic rings. The van der Waals surface area contributed by atoms with Crippen molar-refractivity contribution in [1.82, 2.24) is 18.7 Å². The zero-order valence-electron chi connectivity index (χ0n) is 35.3. The van der Waals surface area contributed by atoms with Crippen molar-refractivity contribution in [1.29, 1.82) is 0 Å². The van der Waals surface area contributed by atoms with Gasteiger partial charge in [0.25, 0.3) is 0 Å². The number of rotatable bonds is 18. The highest BCUT2D eigenvalue weighted by Gasteiger charge is 2.37. The fraction of sp³-hybridized carbons (Fsp3) is 0.400. The summed E-state index contributed by atoms with van der Waals surface area (Å²) in [6.45, 7) is 10.3. The SMILES string of the molecule is CCCCCC(CC)Cc1ccc(-c2ccc(-c3c4nsnc4c(-c4ccc(-c5ccc(CC(CC)CCCCC)cc5F)cc4)c4nc(C(F)(F)F)c(C)nc34)s2)cc1. The number of nitrogens with zero attached hydrogens (tertiary/aromatic N) is 4. The van der Waals surface area contributed by atoms with E-state index in [0.29, 0.717) is 56.2 Å². The molecule has 4 aromatic carbocycles. The van der Waals surface area contributed by atoms with E-state index in [-0.39, 0.29) is 17.0 Å². The Morgan fingerprint density at radius 3 is 1.73 bits per heavy atom. The van der Waals surface area contributed by atoms with Gasteiger partial charge in [0.15, 0.2) is 5.69 Å². The van der Waals surface area contributed by atoms with Gasteiger partial charge in [0, 0.05) is 26.4 Å². The predicted octanol–water partition coefficient (Wildman–Crippen LogP) is 16.1. The van der Waals surface area contributed by atoms with Gasteiger partial charge in [-0.25, -0.2) is 14.4 Å². The van der Waals surface area contributed by atoms with Crippen LogP contribution in [0.2, 0.25) is 0 Å². The van der Waals surface area contributed by atoms with Crippen LogP contribution >= 0.6 is 23.1 Å². The molecule has 0 N–H and O–H groups in total. The average molecular weight is 851 g/mol. The predicted molar refractivity (Wildman–Crippen MR) is 243 cm³/mol. The van der Waals surface area contributed by atoms with Gasteiger partial charge >= 0.3 is 6.18 Å². The number of alkyl halides is 3. The third kappa shape index (κ3) is 9.65. The Bertz CT molecular complexity index is 2520. The lowest BCUT2D eigenvalue weighted by molar-refractivity contribution is -0.141. The maximum absolute atomic E-state index is 15.7. The highest BCUT2D eigenvalue weighted by molar-refractivity contribution is 7.19. The summed E-state index contributed by atoms with van der Waals surface area (Å²) in [5, 5.41) is 0. The van der Waals surface area contributed by atoms with Crippen LogP contribution in [-0.2, 0) is 19.0 Å². The maximum atomic E-state index is 15.7. The first kappa shape index (κ1) is 43.5. The normalized spacial score (nSPS) is 13.1. The number of aromatic nitrogens is 4. The standard InChI is InChI=1S/C50H54F4N4S2/c1-6-10-12-14-32(8-3)28-34-16-19-37(20-17-34)41-26-27-42(59-41)44-46-45(56-49(31(5)55-46)50(52,53)54)43(47-48(44)58-60-57-47)38-23-21-36(22-24-38)39-25-18-35(30-40(39)51)29-33(9-4)15-13-11-7-2/h16-27,30,32-33H,6-15,28-29H2,1-5H3. The molecular weight excluding hydrogens is 797 g/mol. The van der Waals surface area contributed by atoms with Gasteiger partial charge in [-0.1, -0.05) is 153 Å². The van der Waals surface area contributed by atoms with Crippen molar-refractivity contribution < 1.29 is 17.6 Å². The lowest BCUT2D eigenvalue weighted by Gasteiger charge is -2.16. The number of thiophene rings is 1. The van der Waals surface area contributed by atoms with Gasteiger partial charge < -0.3 is 0 Å². The minimum atomic E-state index is -4.72. The minimum Gasteiger partial charge on any atom is -0.248 e. The summed E-state index contributed by atoms with van der Waals surface area (Å²) in [5.41, 5.74) is 6.32. The minimum absolute atomic E-state index is 0.0968. The third-order valence-electron chi connectivity index (χ3n) is 12.0. The summed E-state index contributed by atoms with van der Waals surface area (Å²) < 4.78 is 68.5. The molecule has 3 heterocycles. The first-order chi connectivity index (χ1) is 29.0. The second kappa shape index (κ2) is 19.4. The molecule has 3 aromatic heterocycles. The Hall–Kier alpha value is -4.54. The van der Waals surface area contributed by atoms with Crippen LogP contribution in [0.5, 0.6) is 0 Å². The fourth-order valence-corrected chi connectivity index (χ4v) is 10.1. The van der Waals surface area contributed by atoms with E-state index in [2.05, 4.69) is 66.3 Å². The van der Waals surface area contributed by atoms with Crippen molar-refractivity contribution in [2.45, 2.75) is 118 Å². The summed E-state index contributed by atoms with van der Waals surface area (Å²) in [4.78, 5) is 10.8. The summed E-state index contributed by atoms with van der Waals surface area (Å²) in [6.07, 6.45) is 9.15. The van der Waals surface area contributed by atoms with E-state index < -0.39 is 11.9 Å². The molecule has 4 nitrogen and oxygen atoms in total. The molecule has 10 heteroatoms. The van der Waals surface area contributed by atoms with Gasteiger partial charge in [0.05, 0.1) is 17.4 Å². The lowest BCUT2D eigenvalue weighted by atomic mass is 9.90. The van der Waals surface area contributed by atoms with Gasteiger partial charge in [0.1, 0.15) is 27.9 Å². The van der Waals surface area contributed by atoms with Gasteiger partial charge in [-0.3, -0.25) is 0 Å². The first-order valence-electron chi connectivity index (χ1n) is 21.6. The van der Waals surface area contributed by atoms with E-state index in [1.165, 1.54) is 57.4 Å². The number of unbranched alkanes of at least 4 members (excludes halogenated alkanes) is 4. The molecule has 0 saturated heterocycles. The molecule has 0 aliphatic heterocycles. The largest absolute Gasteiger partial charge is 0.435 e. The van der Waals surface area contributed by atoms with Crippen LogP contribution in [0.3, 0.4) is 0 Å². The highest BCUT2D eigenvalue weighted by atomic mass is 32.1. The van der Waals surface area contributed by atoms with Crippen LogP contribution in [0, 0.1) is 24.6 Å². The van der Waals surface area contributed by atoms with Gasteiger partial charge in [-0.05, 0) is 77.6 Å². The molecular formula is C50H54F4N4S2. The van der Waals surface area contributed by atoms with Gasteiger partial charge in [-0.2, -0.15) is 21.9 Å². The molecule has 0 radical (unpaired) electrons. The van der Waals surface area contributed by atoms with E-state index in [1.54, 1.807) is 41.7 Å². The molecule has 0 saturated carbocycles. The second-order valence-electron chi connectivity index (χ2n) is 16.3. The maximum Gasteiger partial charge on any atom is 0.435 e. The van der Waals surface area contributed by atoms with Crippen molar-refractivity contribution in [3.8, 4) is 43.1 Å². The summed E-state index contributed by atoms with van der Waals surface area (Å²) >= 11 is 2.55. The van der Waals surface area contributed by atoms with E-state index in [4.69, 9.17) is 4.37 Å². The Morgan fingerprint density at radius 1 is 0.583 bits per heavy atom. The van der Waals surface area contributed by atoms with Crippen LogP contribution in [0.4, 0.5) is 17.6 Å². The van der Waals surface area contributed by atoms with Crippen molar-refractivity contribution in [3.63, 3.8) is 0 Å². The third-order valence-corrected chi connectivity index (χ3v) is 13.7. The summed E-state index contributed by atoms with van der Waals surface area (Å²) in [5.74, 6) is 0.895. The molecule has 0 aliphatic carbocycles. The molecule has 60 heavy (non-hydrogen) atoms. The number of fused-ring (bicyclic) bond motifs is 2. The highest BCUT2D eigenvalue weighted by Crippen LogP contribution is 2.46. The number of hydrogen-bond donors (Lipinski definition) is 0. The molecule has 0 bridgehead atoms. The number of benzene rings is 4. The molecule has 0 amide bonds. The van der Waals surface area contributed by atoms with E-state index in [0.717, 1.165) is 64.7 Å². The van der Waals surface area contributed by atoms with Crippen LogP contribution < -0.4 is 0 Å². The molecule has 7 aromatic rings. The average Bonchev–Trinajstić information content (AvgIpc) is 3.93. The summed E-state index contributed by atoms with van der Waals surface area (Å²) in [6, 6.07) is 25.4. The zero-order valence-corrected chi connectivity index (χ0v) is 36.9. The van der Waals surface area contributed by atoms with Crippen LogP contribution in [0.15, 0.2) is 78.9 Å². The smallest absolute Gasteiger partial charge is 0.248 e. The van der Waals surface area contributed by atoms with Crippen molar-refractivity contribution in [2.24, 2.45) is 11.8 Å². The summed E-state index contributed by atoms with van der Waals surface area (Å²) in [7, 11) is 0. The Morgan fingerprint density at radius 2 is 1.13 bits per heavy atom. The van der Waals surface area contributed by atoms with Crippen LogP contribution in [0.1, 0.15) is 114 Å². The lowest BCUT2D eigenvalue weighted by Crippen LogP contribution is -2.12. The topological polar surface area (TPSA) is 51.6 Å². The Labute approximate surface area is 359 Å². The quantitative estimate of drug-likeness (QED) is 0.0637. The Balaban J connectivity index is 1.24. The number of aryl methyl sites for hydroxylation is 1. The van der Waals surface area contributed by atoms with Crippen LogP contribution in [-0.4, -0.2) is 18.7 Å². The zero-order chi connectivity index (χ0) is 42.4. The monoisotopic (exact) mass is 850 g/mol. The molecule has 0 fully saturated rings. The van der Waals surface area contributed by atoms with Crippen LogP contribution in [0.25, 0.3) is 65.2 Å². The van der Waals surface area contributed by atoms with Crippen molar-refractivity contribution in [2.75, 3.05) is 0 Å². The molecule has 7 rings (SSSR count). The van der Waals surface area contributed by atoms with Gasteiger partial charge in [-0.15, -0.1) is 11.3 Å². The van der Waals surface area contributed by atoms with E-state index >= 15 is 4.39 Å². The second-order valence-corrected chi connectivity index (χ2v) is 17.9. The van der Waals surface area contributed by atoms with Gasteiger partial charge in [0.2, 0.25) is 0 Å². The number of halogens is 4. The molecule has 0 spiro atoms. The fourth-order valence-electron chi connectivity index (χ4n) is 8.49. The van der Waals surface area contributed by atoms with E-state index in [1.807, 2.05) is 24.3 Å². The molecule has 314 valence electrons. The van der Waals surface area contributed by atoms with Crippen molar-refractivity contribution >= 4 is 45.1 Å². The molecule has 2 atom stereocenters. The van der Waals surface area contributed by atoms with E-state index in [9.17, 15) is 13.2 Å².